The maximum Gasteiger partial charge on any atom is 0.272 e. The van der Waals surface area contributed by atoms with Crippen molar-refractivity contribution in [1.29, 1.82) is 0 Å². The Morgan fingerprint density at radius 1 is 0.838 bits per heavy atom. The summed E-state index contributed by atoms with van der Waals surface area (Å²) in [5.74, 6) is -0.782. The third-order valence-electron chi connectivity index (χ3n) is 6.17. The molecule has 1 aliphatic rings. The number of hydrogen-bond acceptors (Lipinski definition) is 4. The molecule has 3 aromatic rings. The largest absolute Gasteiger partial charge is 0.366 e. The average Bonchev–Trinajstić information content (AvgIpc) is 2.92. The molecule has 0 saturated carbocycles. The molecule has 1 N–H and O–H groups in total. The van der Waals surface area contributed by atoms with Gasteiger partial charge in [-0.2, -0.15) is 0 Å². The van der Waals surface area contributed by atoms with Gasteiger partial charge in [-0.25, -0.2) is 0 Å². The number of carbonyl (C=O) groups excluding carboxylic acids is 2. The Kier molecular flexibility index (Phi) is 9.06. The van der Waals surface area contributed by atoms with E-state index >= 15 is 0 Å². The smallest absolute Gasteiger partial charge is 0.272 e. The molecule has 1 aliphatic heterocycles. The predicted molar refractivity (Wildman–Crippen MR) is 146 cm³/mol. The number of ether oxygens (including phenoxy) is 2. The second-order valence-corrected chi connectivity index (χ2v) is 10.9. The van der Waals surface area contributed by atoms with Gasteiger partial charge in [-0.05, 0) is 16.7 Å². The summed E-state index contributed by atoms with van der Waals surface area (Å²) in [5.41, 5.74) is 1.78. The van der Waals surface area contributed by atoms with Crippen LogP contribution >= 0.6 is 34.8 Å². The zero-order valence-corrected chi connectivity index (χ0v) is 22.1. The number of carbonyl (C=O) groups is 2. The van der Waals surface area contributed by atoms with Crippen molar-refractivity contribution >= 4 is 47.0 Å². The zero-order chi connectivity index (χ0) is 26.3. The number of halogens is 3. The Bertz CT molecular complexity index is 1100. The lowest BCUT2D eigenvalue weighted by molar-refractivity contribution is -0.126. The van der Waals surface area contributed by atoms with E-state index < -0.39 is 33.6 Å². The molecule has 0 aliphatic carbocycles. The van der Waals surface area contributed by atoms with Crippen LogP contribution < -0.4 is 5.32 Å². The van der Waals surface area contributed by atoms with Gasteiger partial charge in [-0.15, -0.1) is 0 Å². The van der Waals surface area contributed by atoms with Gasteiger partial charge in [-0.3, -0.25) is 4.79 Å². The van der Waals surface area contributed by atoms with E-state index in [0.29, 0.717) is 0 Å². The lowest BCUT2D eigenvalue weighted by atomic mass is 9.80. The van der Waals surface area contributed by atoms with E-state index in [4.69, 9.17) is 44.3 Å². The molecule has 3 atom stereocenters. The Hall–Kier alpha value is -2.67. The SMILES string of the molecule is O=CC[C@@H]1C=C[C@H](NC(=O)C(Cl)(Cl)Cl)[C@@H](COC(c2ccccc2)(c2ccccc2)c2ccccc2)O1. The molecule has 0 aromatic heterocycles. The van der Waals surface area contributed by atoms with Gasteiger partial charge in [0, 0.05) is 6.42 Å². The van der Waals surface area contributed by atoms with E-state index in [2.05, 4.69) is 5.32 Å². The molecule has 37 heavy (non-hydrogen) atoms. The summed E-state index contributed by atoms with van der Waals surface area (Å²) in [7, 11) is 0. The number of alkyl halides is 3. The molecule has 0 unspecified atom stereocenters. The first kappa shape index (κ1) is 27.4. The monoisotopic (exact) mass is 557 g/mol. The first-order valence-corrected chi connectivity index (χ1v) is 12.9. The first-order valence-electron chi connectivity index (χ1n) is 11.8. The highest BCUT2D eigenvalue weighted by atomic mass is 35.6. The zero-order valence-electron chi connectivity index (χ0n) is 19.8. The van der Waals surface area contributed by atoms with Crippen LogP contribution in [0.25, 0.3) is 0 Å². The van der Waals surface area contributed by atoms with Crippen LogP contribution in [-0.2, 0) is 24.7 Å². The third kappa shape index (κ3) is 6.43. The van der Waals surface area contributed by atoms with E-state index in [1.54, 1.807) is 12.2 Å². The van der Waals surface area contributed by atoms with Crippen molar-refractivity contribution in [3.05, 3.63) is 120 Å². The van der Waals surface area contributed by atoms with Crippen LogP contribution in [0.1, 0.15) is 23.1 Å². The number of rotatable bonds is 9. The van der Waals surface area contributed by atoms with Crippen LogP contribution in [0.5, 0.6) is 0 Å². The van der Waals surface area contributed by atoms with Crippen molar-refractivity contribution in [3.8, 4) is 0 Å². The van der Waals surface area contributed by atoms with Gasteiger partial charge in [0.2, 0.25) is 0 Å². The summed E-state index contributed by atoms with van der Waals surface area (Å²) in [6.07, 6.45) is 3.28. The molecule has 192 valence electrons. The lowest BCUT2D eigenvalue weighted by Crippen LogP contribution is -2.52. The molecule has 1 heterocycles. The number of benzene rings is 3. The molecule has 0 spiro atoms. The van der Waals surface area contributed by atoms with Crippen molar-refractivity contribution in [2.75, 3.05) is 6.61 Å². The Labute approximate surface area is 231 Å². The summed E-state index contributed by atoms with van der Waals surface area (Å²) >= 11 is 17.4. The van der Waals surface area contributed by atoms with Crippen molar-refractivity contribution in [3.63, 3.8) is 0 Å². The van der Waals surface area contributed by atoms with Gasteiger partial charge in [0.15, 0.2) is 0 Å². The molecule has 4 rings (SSSR count). The summed E-state index contributed by atoms with van der Waals surface area (Å²) in [5, 5.41) is 2.71. The van der Waals surface area contributed by atoms with Crippen molar-refractivity contribution in [2.45, 2.75) is 34.1 Å². The minimum atomic E-state index is -2.14. The van der Waals surface area contributed by atoms with Crippen LogP contribution in [0, 0.1) is 0 Å². The van der Waals surface area contributed by atoms with Crippen molar-refractivity contribution in [2.24, 2.45) is 0 Å². The van der Waals surface area contributed by atoms with Gasteiger partial charge in [0.1, 0.15) is 18.0 Å². The molecule has 0 bridgehead atoms. The fourth-order valence-electron chi connectivity index (χ4n) is 4.44. The third-order valence-corrected chi connectivity index (χ3v) is 6.69. The molecule has 5 nitrogen and oxygen atoms in total. The maximum atomic E-state index is 12.5. The summed E-state index contributed by atoms with van der Waals surface area (Å²) < 4.78 is 10.9. The fourth-order valence-corrected chi connectivity index (χ4v) is 4.61. The molecular formula is C29H26Cl3NO4. The normalized spacial score (nSPS) is 19.8. The van der Waals surface area contributed by atoms with Crippen LogP contribution in [0.15, 0.2) is 103 Å². The number of nitrogens with one attached hydrogen (secondary N) is 1. The molecule has 1 amide bonds. The van der Waals surface area contributed by atoms with Crippen LogP contribution in [0.4, 0.5) is 0 Å². The van der Waals surface area contributed by atoms with E-state index in [0.717, 1.165) is 23.0 Å². The number of amides is 1. The van der Waals surface area contributed by atoms with Gasteiger partial charge >= 0.3 is 0 Å². The number of aldehydes is 1. The quantitative estimate of drug-likeness (QED) is 0.157. The Morgan fingerprint density at radius 3 is 1.76 bits per heavy atom. The molecule has 0 saturated heterocycles. The minimum Gasteiger partial charge on any atom is -0.366 e. The van der Waals surface area contributed by atoms with Crippen LogP contribution in [-0.4, -0.2) is 40.8 Å². The molecular weight excluding hydrogens is 533 g/mol. The average molecular weight is 559 g/mol. The van der Waals surface area contributed by atoms with E-state index in [9.17, 15) is 9.59 Å². The molecule has 0 radical (unpaired) electrons. The van der Waals surface area contributed by atoms with Gasteiger partial charge in [0.05, 0.1) is 18.8 Å². The van der Waals surface area contributed by atoms with Gasteiger partial charge in [0.25, 0.3) is 9.70 Å². The second-order valence-electron chi connectivity index (χ2n) is 8.59. The number of hydrogen-bond donors (Lipinski definition) is 1. The Morgan fingerprint density at radius 2 is 1.32 bits per heavy atom. The molecule has 8 heteroatoms. The molecule has 3 aromatic carbocycles. The van der Waals surface area contributed by atoms with Crippen molar-refractivity contribution < 1.29 is 19.1 Å². The predicted octanol–water partition coefficient (Wildman–Crippen LogP) is 5.76. The van der Waals surface area contributed by atoms with Gasteiger partial charge < -0.3 is 19.6 Å². The van der Waals surface area contributed by atoms with Crippen LogP contribution in [0.2, 0.25) is 0 Å². The maximum absolute atomic E-state index is 12.5. The van der Waals surface area contributed by atoms with Gasteiger partial charge in [-0.1, -0.05) is 138 Å². The lowest BCUT2D eigenvalue weighted by Gasteiger charge is -2.39. The van der Waals surface area contributed by atoms with E-state index in [1.165, 1.54) is 0 Å². The second kappa shape index (κ2) is 12.2. The fraction of sp³-hybridized carbons (Fsp3) is 0.241. The minimum absolute atomic E-state index is 0.0587. The molecule has 0 fully saturated rings. The van der Waals surface area contributed by atoms with E-state index in [-0.39, 0.29) is 13.0 Å². The Balaban J connectivity index is 1.74. The highest BCUT2D eigenvalue weighted by Crippen LogP contribution is 2.41. The van der Waals surface area contributed by atoms with Crippen molar-refractivity contribution in [1.82, 2.24) is 5.32 Å². The topological polar surface area (TPSA) is 64.6 Å². The highest BCUT2D eigenvalue weighted by Gasteiger charge is 2.41. The summed E-state index contributed by atoms with van der Waals surface area (Å²) in [6, 6.07) is 29.0. The van der Waals surface area contributed by atoms with E-state index in [1.807, 2.05) is 91.0 Å². The van der Waals surface area contributed by atoms with Crippen LogP contribution in [0.3, 0.4) is 0 Å². The summed E-state index contributed by atoms with van der Waals surface area (Å²) in [6.45, 7) is 0.0587. The first-order chi connectivity index (χ1) is 17.8. The highest BCUT2D eigenvalue weighted by molar-refractivity contribution is 6.76. The summed E-state index contributed by atoms with van der Waals surface area (Å²) in [4.78, 5) is 23.6. The standard InChI is InChI=1S/C29H26Cl3NO4/c30-29(31,32)27(35)33-25-17-16-24(18-19-34)37-26(25)20-36-28(21-10-4-1-5-11-21,22-12-6-2-7-13-22)23-14-8-3-9-15-23/h1-17,19,24-26H,18,20H2,(H,33,35)/t24-,25-,26+/m0/s1.